The third-order valence-corrected chi connectivity index (χ3v) is 7.52. The number of alkyl carbamates (subject to hydrolysis) is 1. The van der Waals surface area contributed by atoms with E-state index in [-0.39, 0.29) is 29.4 Å². The van der Waals surface area contributed by atoms with Crippen LogP contribution in [0.5, 0.6) is 0 Å². The number of alkyl halides is 6. The predicted molar refractivity (Wildman–Crippen MR) is 166 cm³/mol. The first kappa shape index (κ1) is 38.8. The molecular weight excluding hydrogens is 663 g/mol. The minimum atomic E-state index is -5.13. The number of halogens is 7. The number of rotatable bonds is 8. The van der Waals surface area contributed by atoms with E-state index >= 15 is 0 Å². The molecule has 2 aromatic carbocycles. The van der Waals surface area contributed by atoms with E-state index in [0.717, 1.165) is 18.1 Å². The Hall–Kier alpha value is -4.69. The van der Waals surface area contributed by atoms with Gasteiger partial charge in [0.2, 0.25) is 5.91 Å². The number of hydrogen-bond acceptors (Lipinski definition) is 6. The second-order valence-corrected chi connectivity index (χ2v) is 12.9. The Bertz CT molecular complexity index is 1700. The number of likely N-dealkylation sites (N-methyl/N-ethyl adjacent to an activating group) is 1. The summed E-state index contributed by atoms with van der Waals surface area (Å²) in [6.07, 6.45) is -10.2. The summed E-state index contributed by atoms with van der Waals surface area (Å²) < 4.78 is 106. The molecule has 266 valence electrons. The zero-order chi connectivity index (χ0) is 37.3. The van der Waals surface area contributed by atoms with Crippen molar-refractivity contribution in [1.29, 1.82) is 0 Å². The number of benzene rings is 2. The maximum Gasteiger partial charge on any atom is 0.416 e. The molecule has 1 aromatic heterocycles. The van der Waals surface area contributed by atoms with Crippen molar-refractivity contribution in [3.8, 4) is 11.1 Å². The molecule has 49 heavy (non-hydrogen) atoms. The van der Waals surface area contributed by atoms with Crippen LogP contribution in [0.15, 0.2) is 48.7 Å². The molecule has 0 saturated heterocycles. The van der Waals surface area contributed by atoms with Crippen LogP contribution in [-0.2, 0) is 43.3 Å². The smallest absolute Gasteiger partial charge is 0.416 e. The van der Waals surface area contributed by atoms with Crippen LogP contribution in [0.25, 0.3) is 11.1 Å². The zero-order valence-electron chi connectivity index (χ0n) is 28.0. The van der Waals surface area contributed by atoms with Crippen molar-refractivity contribution < 1.29 is 54.6 Å². The van der Waals surface area contributed by atoms with Gasteiger partial charge in [-0.2, -0.15) is 26.3 Å². The van der Waals surface area contributed by atoms with Gasteiger partial charge in [-0.25, -0.2) is 14.0 Å². The molecule has 0 aliphatic carbocycles. The van der Waals surface area contributed by atoms with Gasteiger partial charge in [-0.15, -0.1) is 0 Å². The standard InChI is InChI=1S/C34H36F7N3O5/c1-18-11-22(35)9-10-24(18)25-15-23(16-26(28(45)48-8)43-30(47)49-31(2,3)4)42-17-27(25)44(7)29(46)32(5,6)19-12-20(33(36,37)38)14-21(13-19)34(39,40)41/h9-15,17,26H,16H2,1-8H3,(H,43,47)/t26-/m0/s1. The quantitative estimate of drug-likeness (QED) is 0.191. The van der Waals surface area contributed by atoms with E-state index in [2.05, 4.69) is 10.3 Å². The molecule has 1 heterocycles. The molecule has 0 saturated carbocycles. The molecule has 0 fully saturated rings. The number of esters is 1. The lowest BCUT2D eigenvalue weighted by molar-refractivity contribution is -0.144. The lowest BCUT2D eigenvalue weighted by Crippen LogP contribution is -2.45. The predicted octanol–water partition coefficient (Wildman–Crippen LogP) is 7.78. The molecule has 1 atom stereocenters. The molecule has 1 N–H and O–H groups in total. The van der Waals surface area contributed by atoms with E-state index in [1.165, 1.54) is 45.3 Å². The third-order valence-electron chi connectivity index (χ3n) is 7.52. The highest BCUT2D eigenvalue weighted by molar-refractivity contribution is 6.03. The minimum Gasteiger partial charge on any atom is -0.467 e. The molecule has 3 rings (SSSR count). The number of amides is 2. The Balaban J connectivity index is 2.14. The van der Waals surface area contributed by atoms with Gasteiger partial charge in [0.1, 0.15) is 17.5 Å². The fourth-order valence-corrected chi connectivity index (χ4v) is 4.98. The van der Waals surface area contributed by atoms with Gasteiger partial charge in [0.05, 0.1) is 35.5 Å². The van der Waals surface area contributed by atoms with Gasteiger partial charge in [-0.05, 0) is 94.6 Å². The highest BCUT2D eigenvalue weighted by Gasteiger charge is 2.41. The molecule has 0 spiro atoms. The summed E-state index contributed by atoms with van der Waals surface area (Å²) in [5.41, 5.74) is -5.18. The molecule has 0 radical (unpaired) electrons. The lowest BCUT2D eigenvalue weighted by Gasteiger charge is -2.32. The highest BCUT2D eigenvalue weighted by atomic mass is 19.4. The molecule has 15 heteroatoms. The largest absolute Gasteiger partial charge is 0.467 e. The number of pyridine rings is 1. The second-order valence-electron chi connectivity index (χ2n) is 12.9. The normalized spacial score (nSPS) is 13.0. The number of aryl methyl sites for hydroxylation is 1. The first-order valence-electron chi connectivity index (χ1n) is 14.8. The average molecular weight is 700 g/mol. The summed E-state index contributed by atoms with van der Waals surface area (Å²) in [6, 6.07) is 4.94. The Morgan fingerprint density at radius 3 is 1.90 bits per heavy atom. The Morgan fingerprint density at radius 1 is 0.857 bits per heavy atom. The van der Waals surface area contributed by atoms with Crippen molar-refractivity contribution in [1.82, 2.24) is 10.3 Å². The Labute approximate surface area is 278 Å². The van der Waals surface area contributed by atoms with Gasteiger partial charge >= 0.3 is 24.4 Å². The monoisotopic (exact) mass is 699 g/mol. The maximum absolute atomic E-state index is 14.1. The summed E-state index contributed by atoms with van der Waals surface area (Å²) in [4.78, 5) is 44.4. The van der Waals surface area contributed by atoms with E-state index in [0.29, 0.717) is 23.3 Å². The first-order valence-corrected chi connectivity index (χ1v) is 14.8. The van der Waals surface area contributed by atoms with Crippen LogP contribution >= 0.6 is 0 Å². The number of aromatic nitrogens is 1. The molecule has 3 aromatic rings. The Kier molecular flexibility index (Phi) is 11.1. The van der Waals surface area contributed by atoms with E-state index in [4.69, 9.17) is 9.47 Å². The topological polar surface area (TPSA) is 97.8 Å². The fourth-order valence-electron chi connectivity index (χ4n) is 4.98. The number of carbonyl (C=O) groups is 3. The van der Waals surface area contributed by atoms with Gasteiger partial charge in [0.15, 0.2) is 0 Å². The number of methoxy groups -OCH3 is 1. The van der Waals surface area contributed by atoms with Crippen molar-refractivity contribution >= 4 is 23.7 Å². The summed E-state index contributed by atoms with van der Waals surface area (Å²) >= 11 is 0. The number of anilines is 1. The van der Waals surface area contributed by atoms with Crippen molar-refractivity contribution in [2.75, 3.05) is 19.1 Å². The minimum absolute atomic E-state index is 0.0227. The zero-order valence-corrected chi connectivity index (χ0v) is 28.0. The van der Waals surface area contributed by atoms with Crippen molar-refractivity contribution in [3.63, 3.8) is 0 Å². The molecule has 0 aliphatic heterocycles. The number of ether oxygens (including phenoxy) is 2. The summed E-state index contributed by atoms with van der Waals surface area (Å²) in [5.74, 6) is -2.29. The van der Waals surface area contributed by atoms with Gasteiger partial charge < -0.3 is 19.7 Å². The molecule has 0 aliphatic rings. The van der Waals surface area contributed by atoms with Gasteiger partial charge in [0, 0.05) is 24.7 Å². The van der Waals surface area contributed by atoms with E-state index < -0.39 is 69.9 Å². The maximum atomic E-state index is 14.1. The first-order chi connectivity index (χ1) is 22.3. The molecular formula is C34H36F7N3O5. The summed E-state index contributed by atoms with van der Waals surface area (Å²) in [6.45, 7) is 8.83. The molecule has 0 bridgehead atoms. The van der Waals surface area contributed by atoms with Crippen LogP contribution in [0, 0.1) is 12.7 Å². The van der Waals surface area contributed by atoms with Crippen LogP contribution in [0.4, 0.5) is 41.2 Å². The molecule has 8 nitrogen and oxygen atoms in total. The van der Waals surface area contributed by atoms with Crippen LogP contribution in [0.2, 0.25) is 0 Å². The lowest BCUT2D eigenvalue weighted by atomic mass is 9.81. The van der Waals surface area contributed by atoms with Gasteiger partial charge in [0.25, 0.3) is 0 Å². The van der Waals surface area contributed by atoms with E-state index in [1.807, 2.05) is 0 Å². The van der Waals surface area contributed by atoms with Crippen LogP contribution in [0.1, 0.15) is 62.6 Å². The average Bonchev–Trinajstić information content (AvgIpc) is 2.97. The molecule has 0 unspecified atom stereocenters. The van der Waals surface area contributed by atoms with Crippen LogP contribution < -0.4 is 10.2 Å². The van der Waals surface area contributed by atoms with Crippen LogP contribution in [-0.4, -0.2) is 48.8 Å². The Morgan fingerprint density at radius 2 is 1.41 bits per heavy atom. The SMILES string of the molecule is COC(=O)[C@H](Cc1cc(-c2ccc(F)cc2C)c(N(C)C(=O)C(C)(C)c2cc(C(F)(F)F)cc(C(F)(F)F)c2)cn1)NC(=O)OC(C)(C)C. The van der Waals surface area contributed by atoms with Gasteiger partial charge in [-0.3, -0.25) is 9.78 Å². The summed E-state index contributed by atoms with van der Waals surface area (Å²) in [5, 5.41) is 2.42. The number of carbonyl (C=O) groups excluding carboxylic acids is 3. The van der Waals surface area contributed by atoms with Gasteiger partial charge in [-0.1, -0.05) is 6.07 Å². The summed E-state index contributed by atoms with van der Waals surface area (Å²) in [7, 11) is 2.38. The number of hydrogen-bond donors (Lipinski definition) is 1. The fraction of sp³-hybridized carbons (Fsp3) is 0.412. The van der Waals surface area contributed by atoms with Crippen molar-refractivity contribution in [3.05, 3.63) is 82.4 Å². The van der Waals surface area contributed by atoms with Crippen molar-refractivity contribution in [2.45, 2.75) is 77.4 Å². The highest BCUT2D eigenvalue weighted by Crippen LogP contribution is 2.41. The number of nitrogens with one attached hydrogen (secondary N) is 1. The number of nitrogens with zero attached hydrogens (tertiary/aromatic N) is 2. The molecule has 2 amide bonds. The van der Waals surface area contributed by atoms with E-state index in [9.17, 15) is 45.1 Å². The third kappa shape index (κ3) is 9.48. The van der Waals surface area contributed by atoms with Crippen LogP contribution in [0.3, 0.4) is 0 Å². The van der Waals surface area contributed by atoms with Crippen molar-refractivity contribution in [2.24, 2.45) is 0 Å². The second kappa shape index (κ2) is 14.0. The van der Waals surface area contributed by atoms with E-state index in [1.54, 1.807) is 27.7 Å².